The Bertz CT molecular complexity index is 167. The SMILES string of the molecule is Cl.[CH3][Zr]([CH3])([SiH3])[C]1=CC=CC1. The van der Waals surface area contributed by atoms with Crippen molar-refractivity contribution in [2.75, 3.05) is 0 Å². The van der Waals surface area contributed by atoms with Gasteiger partial charge >= 0.3 is 64.0 Å². The monoisotopic (exact) mass is 252 g/mol. The van der Waals surface area contributed by atoms with Crippen LogP contribution in [0.4, 0.5) is 0 Å². The first-order valence-corrected chi connectivity index (χ1v) is 18.0. The number of allylic oxidation sites excluding steroid dienone is 4. The number of hydrogen-bond donors (Lipinski definition) is 0. The third-order valence-electron chi connectivity index (χ3n) is 1.73. The van der Waals surface area contributed by atoms with Crippen molar-refractivity contribution < 1.29 is 19.4 Å². The van der Waals surface area contributed by atoms with Crippen LogP contribution in [0.5, 0.6) is 0 Å². The summed E-state index contributed by atoms with van der Waals surface area (Å²) in [6.45, 7) is 0. The summed E-state index contributed by atoms with van der Waals surface area (Å²) in [5, 5.41) is 0. The first-order chi connectivity index (χ1) is 4.11. The summed E-state index contributed by atoms with van der Waals surface area (Å²) in [6.07, 6.45) is 8.13. The quantitative estimate of drug-likeness (QED) is 0.625. The number of rotatable bonds is 1. The van der Waals surface area contributed by atoms with Crippen LogP contribution < -0.4 is 0 Å². The molecule has 0 aromatic heterocycles. The first kappa shape index (κ1) is 10.9. The zero-order chi connectivity index (χ0) is 6.91. The van der Waals surface area contributed by atoms with Gasteiger partial charge in [0.1, 0.15) is 0 Å². The van der Waals surface area contributed by atoms with Crippen LogP contribution in [0.15, 0.2) is 21.5 Å². The Morgan fingerprint density at radius 3 is 2.30 bits per heavy atom. The Morgan fingerprint density at radius 2 is 2.10 bits per heavy atom. The molecule has 0 nitrogen and oxygen atoms in total. The molecule has 0 unspecified atom stereocenters. The van der Waals surface area contributed by atoms with Gasteiger partial charge < -0.3 is 0 Å². The Kier molecular flexibility index (Phi) is 4.39. The second-order valence-corrected chi connectivity index (χ2v) is 31.0. The molecule has 0 saturated carbocycles. The van der Waals surface area contributed by atoms with Crippen LogP contribution in [-0.2, 0) is 19.4 Å². The average Bonchev–Trinajstić information content (AvgIpc) is 2.08. The van der Waals surface area contributed by atoms with E-state index in [4.69, 9.17) is 0 Å². The van der Waals surface area contributed by atoms with Crippen molar-refractivity contribution in [3.8, 4) is 0 Å². The van der Waals surface area contributed by atoms with Crippen LogP contribution in [0.25, 0.3) is 0 Å². The third kappa shape index (κ3) is 2.86. The van der Waals surface area contributed by atoms with E-state index in [1.807, 2.05) is 3.28 Å². The van der Waals surface area contributed by atoms with Gasteiger partial charge in [-0.3, -0.25) is 0 Å². The first-order valence-electron chi connectivity index (χ1n) is 3.47. The molecule has 0 fully saturated rings. The molecular formula is C7H15ClSiZr. The predicted octanol–water partition coefficient (Wildman–Crippen LogP) is 1.78. The van der Waals surface area contributed by atoms with Crippen LogP contribution >= 0.6 is 12.4 Å². The van der Waals surface area contributed by atoms with Crippen molar-refractivity contribution >= 4 is 19.8 Å². The molecule has 0 amide bonds. The Hall–Kier alpha value is 0.870. The number of hydrogen-bond acceptors (Lipinski definition) is 0. The van der Waals surface area contributed by atoms with Crippen molar-refractivity contribution in [1.82, 2.24) is 0 Å². The van der Waals surface area contributed by atoms with Gasteiger partial charge in [0.15, 0.2) is 0 Å². The molecule has 0 heterocycles. The molecular weight excluding hydrogens is 239 g/mol. The summed E-state index contributed by atoms with van der Waals surface area (Å²) in [6, 6.07) is 0. The maximum absolute atomic E-state index is 2.53. The van der Waals surface area contributed by atoms with Crippen LogP contribution in [0.2, 0.25) is 9.26 Å². The van der Waals surface area contributed by atoms with Gasteiger partial charge in [0.05, 0.1) is 0 Å². The molecule has 0 radical (unpaired) electrons. The molecule has 10 heavy (non-hydrogen) atoms. The molecule has 0 aromatic carbocycles. The molecule has 0 atom stereocenters. The molecule has 58 valence electrons. The van der Waals surface area contributed by atoms with Gasteiger partial charge in [0, 0.05) is 0 Å². The maximum atomic E-state index is 2.53. The van der Waals surface area contributed by atoms with Crippen LogP contribution in [0.3, 0.4) is 0 Å². The van der Waals surface area contributed by atoms with Gasteiger partial charge in [0.25, 0.3) is 0 Å². The Morgan fingerprint density at radius 1 is 1.50 bits per heavy atom. The predicted molar refractivity (Wildman–Crippen MR) is 50.8 cm³/mol. The second-order valence-electron chi connectivity index (χ2n) is 3.57. The molecule has 0 spiro atoms. The van der Waals surface area contributed by atoms with E-state index in [0.717, 1.165) is 0 Å². The molecule has 0 bridgehead atoms. The van der Waals surface area contributed by atoms with E-state index in [9.17, 15) is 0 Å². The topological polar surface area (TPSA) is 0 Å². The van der Waals surface area contributed by atoms with Crippen molar-refractivity contribution in [2.45, 2.75) is 15.7 Å². The Labute approximate surface area is 76.0 Å². The standard InChI is InChI=1S/C5H5.2CH3.ClH.H3Si.Zr/c1-2-4-5-3-1;;;;;/h1-3H,4H2;2*1H3;1H;1H3;. The molecule has 1 aliphatic carbocycles. The summed E-state index contributed by atoms with van der Waals surface area (Å²) in [5.41, 5.74) is 0. The summed E-state index contributed by atoms with van der Waals surface area (Å²) in [5.74, 6) is 0. The van der Waals surface area contributed by atoms with E-state index in [-0.39, 0.29) is 12.4 Å². The molecule has 0 aliphatic heterocycles. The van der Waals surface area contributed by atoms with Gasteiger partial charge in [-0.2, -0.15) is 0 Å². The fourth-order valence-corrected chi connectivity index (χ4v) is 6.46. The van der Waals surface area contributed by atoms with Crippen LogP contribution in [0.1, 0.15) is 6.42 Å². The van der Waals surface area contributed by atoms with E-state index in [0.29, 0.717) is 0 Å². The van der Waals surface area contributed by atoms with Crippen LogP contribution in [0, 0.1) is 0 Å². The average molecular weight is 254 g/mol. The van der Waals surface area contributed by atoms with Crippen molar-refractivity contribution in [3.05, 3.63) is 21.5 Å². The minimum atomic E-state index is -1.45. The normalized spacial score (nSPS) is 16.8. The zero-order valence-electron chi connectivity index (χ0n) is 6.85. The van der Waals surface area contributed by atoms with Gasteiger partial charge in [-0.15, -0.1) is 12.4 Å². The Balaban J connectivity index is 0.000000810. The summed E-state index contributed by atoms with van der Waals surface area (Å²) in [7, 11) is 1.47. The molecule has 1 rings (SSSR count). The molecule has 0 aromatic rings. The molecule has 1 aliphatic rings. The molecule has 3 heteroatoms. The zero-order valence-corrected chi connectivity index (χ0v) is 12.1. The fourth-order valence-electron chi connectivity index (χ4n) is 1.00. The van der Waals surface area contributed by atoms with Crippen molar-refractivity contribution in [3.63, 3.8) is 0 Å². The summed E-state index contributed by atoms with van der Waals surface area (Å²) in [4.78, 5) is 0. The van der Waals surface area contributed by atoms with Crippen molar-refractivity contribution in [1.29, 1.82) is 0 Å². The van der Waals surface area contributed by atoms with E-state index in [2.05, 4.69) is 27.5 Å². The van der Waals surface area contributed by atoms with Gasteiger partial charge in [-0.05, 0) is 0 Å². The second kappa shape index (κ2) is 4.04. The summed E-state index contributed by atoms with van der Waals surface area (Å²) < 4.78 is 6.87. The van der Waals surface area contributed by atoms with Gasteiger partial charge in [-0.25, -0.2) is 0 Å². The minimum absolute atomic E-state index is 0. The number of halogens is 1. The third-order valence-corrected chi connectivity index (χ3v) is 11.2. The van der Waals surface area contributed by atoms with Gasteiger partial charge in [-0.1, -0.05) is 0 Å². The van der Waals surface area contributed by atoms with Crippen molar-refractivity contribution in [2.24, 2.45) is 0 Å². The van der Waals surface area contributed by atoms with E-state index in [1.54, 1.807) is 0 Å². The van der Waals surface area contributed by atoms with E-state index >= 15 is 0 Å². The fraction of sp³-hybridized carbons (Fsp3) is 0.429. The molecule has 0 N–H and O–H groups in total. The molecule has 0 saturated heterocycles. The van der Waals surface area contributed by atoms with E-state index < -0.39 is 19.4 Å². The van der Waals surface area contributed by atoms with E-state index in [1.165, 1.54) is 13.8 Å². The van der Waals surface area contributed by atoms with Gasteiger partial charge in [0.2, 0.25) is 0 Å². The van der Waals surface area contributed by atoms with Crippen LogP contribution in [-0.4, -0.2) is 7.37 Å². The summed E-state index contributed by atoms with van der Waals surface area (Å²) >= 11 is -1.45.